The van der Waals surface area contributed by atoms with Crippen LogP contribution in [0.2, 0.25) is 0 Å². The molecule has 1 aromatic carbocycles. The molecule has 0 saturated carbocycles. The lowest BCUT2D eigenvalue weighted by Crippen LogP contribution is -2.29. The molecule has 1 heterocycles. The Hall–Kier alpha value is -2.54. The molecule has 0 aliphatic heterocycles. The number of nitrogens with one attached hydrogen (secondary N) is 3. The average Bonchev–Trinajstić information content (AvgIpc) is 2.94. The van der Waals surface area contributed by atoms with Crippen molar-refractivity contribution < 1.29 is 4.74 Å². The van der Waals surface area contributed by atoms with Gasteiger partial charge >= 0.3 is 0 Å². The van der Waals surface area contributed by atoms with Crippen molar-refractivity contribution in [3.63, 3.8) is 0 Å². The fourth-order valence-corrected chi connectivity index (χ4v) is 3.12. The van der Waals surface area contributed by atoms with Gasteiger partial charge in [0.2, 0.25) is 5.96 Å². The number of ether oxygens (including phenoxy) is 1. The molecule has 3 rings (SSSR count). The number of methoxy groups -OCH3 is 1. The van der Waals surface area contributed by atoms with E-state index in [-0.39, 0.29) is 24.3 Å². The standard InChI is InChI=1S/C16H20N6O.ClH/c1-9-15-12(20-19-9)7-10(8-13(15)21-22-16(17)18)11-5-3-4-6-14(11)23-2;/h3-6,10H,7-8H2,1-2H3,(H,19,20)(H4,17,18,22);1H. The predicted octanol–water partition coefficient (Wildman–Crippen LogP) is 2.07. The lowest BCUT2D eigenvalue weighted by molar-refractivity contribution is 0.405. The Balaban J connectivity index is 0.00000208. The van der Waals surface area contributed by atoms with E-state index in [1.807, 2.05) is 25.1 Å². The molecule has 1 aromatic heterocycles. The molecular formula is C16H21ClN6O. The Labute approximate surface area is 146 Å². The number of hydrogen-bond donors (Lipinski definition) is 4. The number of H-pyrrole nitrogens is 1. The minimum atomic E-state index is -0.181. The Morgan fingerprint density at radius 1 is 1.42 bits per heavy atom. The number of halogens is 1. The zero-order valence-electron chi connectivity index (χ0n) is 13.6. The van der Waals surface area contributed by atoms with E-state index in [2.05, 4.69) is 26.8 Å². The molecule has 8 heteroatoms. The zero-order valence-corrected chi connectivity index (χ0v) is 14.4. The van der Waals surface area contributed by atoms with Crippen molar-refractivity contribution in [2.24, 2.45) is 10.8 Å². The lowest BCUT2D eigenvalue weighted by atomic mass is 9.81. The highest BCUT2D eigenvalue weighted by atomic mass is 35.5. The van der Waals surface area contributed by atoms with Crippen LogP contribution in [0.15, 0.2) is 29.4 Å². The second-order valence-electron chi connectivity index (χ2n) is 5.59. The number of guanidine groups is 1. The van der Waals surface area contributed by atoms with Crippen molar-refractivity contribution in [1.29, 1.82) is 5.41 Å². The molecule has 0 spiro atoms. The van der Waals surface area contributed by atoms with Gasteiger partial charge in [0.1, 0.15) is 5.75 Å². The van der Waals surface area contributed by atoms with Crippen LogP contribution in [-0.4, -0.2) is 29.0 Å². The molecule has 1 unspecified atom stereocenters. The van der Waals surface area contributed by atoms with Crippen LogP contribution in [0.3, 0.4) is 0 Å². The normalized spacial score (nSPS) is 17.8. The summed E-state index contributed by atoms with van der Waals surface area (Å²) in [7, 11) is 1.68. The second-order valence-corrected chi connectivity index (χ2v) is 5.59. The van der Waals surface area contributed by atoms with Crippen LogP contribution in [0.5, 0.6) is 5.75 Å². The molecule has 24 heavy (non-hydrogen) atoms. The van der Waals surface area contributed by atoms with E-state index in [9.17, 15) is 0 Å². The second kappa shape index (κ2) is 7.35. The lowest BCUT2D eigenvalue weighted by Gasteiger charge is -2.25. The molecule has 0 saturated heterocycles. The number of benzene rings is 1. The number of para-hydroxylation sites is 1. The molecule has 1 aliphatic rings. The number of nitrogens with zero attached hydrogens (tertiary/aromatic N) is 2. The fraction of sp³-hybridized carbons (Fsp3) is 0.312. The minimum absolute atomic E-state index is 0. The Morgan fingerprint density at radius 3 is 2.88 bits per heavy atom. The van der Waals surface area contributed by atoms with E-state index < -0.39 is 0 Å². The first kappa shape index (κ1) is 17.8. The number of aromatic nitrogens is 2. The molecule has 5 N–H and O–H groups in total. The summed E-state index contributed by atoms with van der Waals surface area (Å²) in [6.07, 6.45) is 1.57. The average molecular weight is 349 g/mol. The topological polar surface area (TPSA) is 112 Å². The third kappa shape index (κ3) is 3.35. The summed E-state index contributed by atoms with van der Waals surface area (Å²) in [6, 6.07) is 8.01. The van der Waals surface area contributed by atoms with Crippen LogP contribution in [0, 0.1) is 12.3 Å². The summed E-state index contributed by atoms with van der Waals surface area (Å²) in [4.78, 5) is 0. The van der Waals surface area contributed by atoms with Crippen molar-refractivity contribution in [2.75, 3.05) is 7.11 Å². The van der Waals surface area contributed by atoms with E-state index in [0.29, 0.717) is 0 Å². The Kier molecular flexibility index (Phi) is 5.46. The number of hydrazone groups is 1. The number of hydrogen-bond acceptors (Lipinski definition) is 4. The maximum atomic E-state index is 7.31. The molecule has 1 atom stereocenters. The molecule has 0 bridgehead atoms. The van der Waals surface area contributed by atoms with Gasteiger partial charge in [-0.3, -0.25) is 10.5 Å². The molecular weight excluding hydrogens is 328 g/mol. The summed E-state index contributed by atoms with van der Waals surface area (Å²) in [5.41, 5.74) is 12.9. The van der Waals surface area contributed by atoms with Crippen LogP contribution >= 0.6 is 12.4 Å². The van der Waals surface area contributed by atoms with Crippen LogP contribution in [0.4, 0.5) is 0 Å². The first-order valence-corrected chi connectivity index (χ1v) is 7.44. The summed E-state index contributed by atoms with van der Waals surface area (Å²) >= 11 is 0. The van der Waals surface area contributed by atoms with Crippen molar-refractivity contribution in [3.8, 4) is 5.75 Å². The molecule has 7 nitrogen and oxygen atoms in total. The number of fused-ring (bicyclic) bond motifs is 1. The van der Waals surface area contributed by atoms with Gasteiger partial charge in [-0.25, -0.2) is 5.43 Å². The van der Waals surface area contributed by atoms with Gasteiger partial charge in [0.25, 0.3) is 0 Å². The molecule has 0 radical (unpaired) electrons. The van der Waals surface area contributed by atoms with Gasteiger partial charge in [-0.2, -0.15) is 10.2 Å². The van der Waals surface area contributed by atoms with E-state index in [4.69, 9.17) is 15.9 Å². The zero-order chi connectivity index (χ0) is 16.4. The molecule has 128 valence electrons. The van der Waals surface area contributed by atoms with Crippen molar-refractivity contribution >= 4 is 24.1 Å². The third-order valence-corrected chi connectivity index (χ3v) is 4.09. The van der Waals surface area contributed by atoms with Crippen molar-refractivity contribution in [1.82, 2.24) is 15.6 Å². The van der Waals surface area contributed by atoms with E-state index >= 15 is 0 Å². The van der Waals surface area contributed by atoms with Crippen molar-refractivity contribution in [3.05, 3.63) is 46.8 Å². The van der Waals surface area contributed by atoms with Crippen molar-refractivity contribution in [2.45, 2.75) is 25.7 Å². The molecule has 1 aliphatic carbocycles. The molecule has 0 amide bonds. The summed E-state index contributed by atoms with van der Waals surface area (Å²) in [5.74, 6) is 0.918. The van der Waals surface area contributed by atoms with Gasteiger partial charge in [0.15, 0.2) is 0 Å². The number of nitrogens with two attached hydrogens (primary N) is 1. The fourth-order valence-electron chi connectivity index (χ4n) is 3.12. The van der Waals surface area contributed by atoms with Gasteiger partial charge in [-0.1, -0.05) is 18.2 Å². The van der Waals surface area contributed by atoms with Crippen LogP contribution in [0.1, 0.15) is 34.9 Å². The van der Waals surface area contributed by atoms with Gasteiger partial charge < -0.3 is 10.5 Å². The third-order valence-electron chi connectivity index (χ3n) is 4.09. The summed E-state index contributed by atoms with van der Waals surface area (Å²) < 4.78 is 5.49. The predicted molar refractivity (Wildman–Crippen MR) is 96.2 cm³/mol. The highest BCUT2D eigenvalue weighted by Gasteiger charge is 2.29. The Morgan fingerprint density at radius 2 is 2.17 bits per heavy atom. The summed E-state index contributed by atoms with van der Waals surface area (Å²) in [5, 5.41) is 19.0. The van der Waals surface area contributed by atoms with Gasteiger partial charge in [-0.15, -0.1) is 12.4 Å². The Bertz CT molecular complexity index is 770. The maximum absolute atomic E-state index is 7.31. The first-order chi connectivity index (χ1) is 11.1. The smallest absolute Gasteiger partial charge is 0.206 e. The number of aryl methyl sites for hydroxylation is 1. The number of rotatable bonds is 3. The monoisotopic (exact) mass is 348 g/mol. The molecule has 0 fully saturated rings. The van der Waals surface area contributed by atoms with Crippen LogP contribution in [-0.2, 0) is 6.42 Å². The maximum Gasteiger partial charge on any atom is 0.206 e. The minimum Gasteiger partial charge on any atom is -0.496 e. The van der Waals surface area contributed by atoms with Crippen LogP contribution < -0.4 is 15.9 Å². The number of aromatic amines is 1. The van der Waals surface area contributed by atoms with E-state index in [1.165, 1.54) is 0 Å². The quantitative estimate of drug-likeness (QED) is 0.386. The highest BCUT2D eigenvalue weighted by Crippen LogP contribution is 2.37. The van der Waals surface area contributed by atoms with E-state index in [0.717, 1.165) is 46.8 Å². The summed E-state index contributed by atoms with van der Waals surface area (Å²) in [6.45, 7) is 1.95. The largest absolute Gasteiger partial charge is 0.496 e. The van der Waals surface area contributed by atoms with Crippen LogP contribution in [0.25, 0.3) is 0 Å². The molecule has 2 aromatic rings. The SMILES string of the molecule is COc1ccccc1C1CC(=NNC(=N)N)c2c(C)n[nH]c2C1.Cl. The highest BCUT2D eigenvalue weighted by molar-refractivity contribution is 6.04. The van der Waals surface area contributed by atoms with Gasteiger partial charge in [0.05, 0.1) is 18.5 Å². The van der Waals surface area contributed by atoms with E-state index in [1.54, 1.807) is 7.11 Å². The first-order valence-electron chi connectivity index (χ1n) is 7.44. The van der Waals surface area contributed by atoms with Gasteiger partial charge in [-0.05, 0) is 37.3 Å². The van der Waals surface area contributed by atoms with Gasteiger partial charge in [0, 0.05) is 11.3 Å².